The van der Waals surface area contributed by atoms with Gasteiger partial charge in [-0.15, -0.1) is 11.3 Å². The van der Waals surface area contributed by atoms with E-state index in [0.29, 0.717) is 18.7 Å². The highest BCUT2D eigenvalue weighted by molar-refractivity contribution is 7.09. The largest absolute Gasteiger partial charge is 0.346 e. The summed E-state index contributed by atoms with van der Waals surface area (Å²) in [6.07, 6.45) is 3.64. The molecule has 1 amide bonds. The highest BCUT2D eigenvalue weighted by Gasteiger charge is 2.07. The molecular weight excluding hydrogens is 296 g/mol. The third-order valence-corrected chi connectivity index (χ3v) is 4.01. The third kappa shape index (κ3) is 3.59. The van der Waals surface area contributed by atoms with Crippen LogP contribution in [0.4, 0.5) is 0 Å². The van der Waals surface area contributed by atoms with Crippen molar-refractivity contribution >= 4 is 17.2 Å². The molecule has 0 spiro atoms. The van der Waals surface area contributed by atoms with Crippen molar-refractivity contribution < 1.29 is 4.79 Å². The van der Waals surface area contributed by atoms with Crippen LogP contribution >= 0.6 is 11.3 Å². The van der Waals surface area contributed by atoms with Crippen LogP contribution in [0.15, 0.2) is 48.1 Å². The lowest BCUT2D eigenvalue weighted by atomic mass is 10.1. The summed E-state index contributed by atoms with van der Waals surface area (Å²) in [7, 11) is 0. The van der Waals surface area contributed by atoms with Gasteiger partial charge < -0.3 is 5.32 Å². The van der Waals surface area contributed by atoms with Gasteiger partial charge in [-0.1, -0.05) is 12.1 Å². The topological polar surface area (TPSA) is 59.8 Å². The molecule has 2 aromatic heterocycles. The van der Waals surface area contributed by atoms with Gasteiger partial charge in [0.15, 0.2) is 0 Å². The first-order chi connectivity index (χ1) is 10.7. The summed E-state index contributed by atoms with van der Waals surface area (Å²) in [5.41, 5.74) is 2.58. The number of thiazole rings is 1. The zero-order chi connectivity index (χ0) is 15.4. The number of nitrogens with zero attached hydrogens (tertiary/aromatic N) is 3. The monoisotopic (exact) mass is 312 g/mol. The number of aryl methyl sites for hydroxylation is 1. The summed E-state index contributed by atoms with van der Waals surface area (Å²) in [6.45, 7) is 3.06. The molecule has 0 fully saturated rings. The zero-order valence-electron chi connectivity index (χ0n) is 12.2. The molecule has 6 heteroatoms. The van der Waals surface area contributed by atoms with Crippen LogP contribution in [0.1, 0.15) is 26.6 Å². The van der Waals surface area contributed by atoms with Crippen molar-refractivity contribution in [3.63, 3.8) is 0 Å². The van der Waals surface area contributed by atoms with Gasteiger partial charge in [-0.3, -0.25) is 9.48 Å². The highest BCUT2D eigenvalue weighted by Crippen LogP contribution is 2.09. The van der Waals surface area contributed by atoms with Gasteiger partial charge in [0.05, 0.1) is 23.8 Å². The van der Waals surface area contributed by atoms with E-state index in [1.54, 1.807) is 17.5 Å². The van der Waals surface area contributed by atoms with E-state index in [1.807, 2.05) is 53.5 Å². The molecule has 0 aliphatic rings. The minimum Gasteiger partial charge on any atom is -0.346 e. The molecule has 1 aromatic carbocycles. The summed E-state index contributed by atoms with van der Waals surface area (Å²) < 4.78 is 1.83. The van der Waals surface area contributed by atoms with Gasteiger partial charge in [0.2, 0.25) is 0 Å². The van der Waals surface area contributed by atoms with Crippen LogP contribution in [0.2, 0.25) is 0 Å². The highest BCUT2D eigenvalue weighted by atomic mass is 32.1. The van der Waals surface area contributed by atoms with E-state index in [4.69, 9.17) is 0 Å². The van der Waals surface area contributed by atoms with Crippen LogP contribution in [0, 0.1) is 6.92 Å². The van der Waals surface area contributed by atoms with Crippen molar-refractivity contribution in [2.45, 2.75) is 20.0 Å². The van der Waals surface area contributed by atoms with E-state index in [1.165, 1.54) is 0 Å². The van der Waals surface area contributed by atoms with E-state index < -0.39 is 0 Å². The fourth-order valence-corrected chi connectivity index (χ4v) is 2.77. The average Bonchev–Trinajstić information content (AvgIpc) is 3.17. The number of carbonyl (C=O) groups excluding carboxylic acids is 1. The Labute approximate surface area is 132 Å². The first-order valence-corrected chi connectivity index (χ1v) is 7.84. The summed E-state index contributed by atoms with van der Waals surface area (Å²) in [5, 5.41) is 10.0. The molecule has 0 saturated heterocycles. The molecule has 0 atom stereocenters. The maximum Gasteiger partial charge on any atom is 0.251 e. The first-order valence-electron chi connectivity index (χ1n) is 6.96. The van der Waals surface area contributed by atoms with Gasteiger partial charge in [0.25, 0.3) is 5.91 Å². The van der Waals surface area contributed by atoms with Crippen molar-refractivity contribution in [3.8, 4) is 0 Å². The molecule has 3 aromatic rings. The maximum atomic E-state index is 12.2. The average molecular weight is 312 g/mol. The lowest BCUT2D eigenvalue weighted by Crippen LogP contribution is -2.23. The lowest BCUT2D eigenvalue weighted by Gasteiger charge is -2.06. The number of aromatic nitrogens is 3. The molecule has 3 rings (SSSR count). The number of hydrogen-bond donors (Lipinski definition) is 1. The minimum absolute atomic E-state index is 0.0898. The Bertz CT molecular complexity index is 764. The van der Waals surface area contributed by atoms with Gasteiger partial charge in [-0.2, -0.15) is 5.10 Å². The van der Waals surface area contributed by atoms with E-state index in [2.05, 4.69) is 15.4 Å². The summed E-state index contributed by atoms with van der Waals surface area (Å²) in [5.74, 6) is -0.0898. The van der Waals surface area contributed by atoms with Gasteiger partial charge in [0, 0.05) is 23.3 Å². The predicted molar refractivity (Wildman–Crippen MR) is 85.8 cm³/mol. The first kappa shape index (κ1) is 14.5. The van der Waals surface area contributed by atoms with Gasteiger partial charge in [-0.25, -0.2) is 4.98 Å². The van der Waals surface area contributed by atoms with Crippen LogP contribution in [0.3, 0.4) is 0 Å². The molecule has 0 unspecified atom stereocenters. The molecule has 5 nitrogen and oxygen atoms in total. The second-order valence-electron chi connectivity index (χ2n) is 4.94. The fraction of sp³-hybridized carbons (Fsp3) is 0.188. The molecule has 1 N–H and O–H groups in total. The number of benzene rings is 1. The van der Waals surface area contributed by atoms with Crippen LogP contribution in [0.5, 0.6) is 0 Å². The Morgan fingerprint density at radius 3 is 3.00 bits per heavy atom. The van der Waals surface area contributed by atoms with Crippen LogP contribution in [-0.2, 0) is 13.1 Å². The maximum absolute atomic E-state index is 12.2. The number of carbonyl (C=O) groups is 1. The standard InChI is InChI=1S/C16H16N4OS/c1-12-19-15(11-22-12)9-17-16(21)14-5-2-4-13(8-14)10-20-7-3-6-18-20/h2-8,11H,9-10H2,1H3,(H,17,21). The van der Waals surface area contributed by atoms with Gasteiger partial charge in [0.1, 0.15) is 0 Å². The molecule has 112 valence electrons. The fourth-order valence-electron chi connectivity index (χ4n) is 2.15. The van der Waals surface area contributed by atoms with Crippen LogP contribution in [-0.4, -0.2) is 20.7 Å². The van der Waals surface area contributed by atoms with E-state index in [-0.39, 0.29) is 5.91 Å². The van der Waals surface area contributed by atoms with Crippen molar-refractivity contribution in [1.29, 1.82) is 0 Å². The quantitative estimate of drug-likeness (QED) is 0.788. The van der Waals surface area contributed by atoms with Crippen LogP contribution in [0.25, 0.3) is 0 Å². The molecule has 0 bridgehead atoms. The molecule has 0 aliphatic heterocycles. The minimum atomic E-state index is -0.0898. The number of hydrogen-bond acceptors (Lipinski definition) is 4. The predicted octanol–water partition coefficient (Wildman–Crippen LogP) is 2.63. The van der Waals surface area contributed by atoms with Crippen molar-refractivity contribution in [1.82, 2.24) is 20.1 Å². The van der Waals surface area contributed by atoms with Gasteiger partial charge in [-0.05, 0) is 30.7 Å². The molecule has 22 heavy (non-hydrogen) atoms. The Morgan fingerprint density at radius 2 is 2.27 bits per heavy atom. The Hall–Kier alpha value is -2.47. The van der Waals surface area contributed by atoms with E-state index >= 15 is 0 Å². The lowest BCUT2D eigenvalue weighted by molar-refractivity contribution is 0.0950. The Balaban J connectivity index is 1.64. The molecule has 2 heterocycles. The van der Waals surface area contributed by atoms with E-state index in [0.717, 1.165) is 16.3 Å². The summed E-state index contributed by atoms with van der Waals surface area (Å²) >= 11 is 1.58. The third-order valence-electron chi connectivity index (χ3n) is 3.19. The van der Waals surface area contributed by atoms with Gasteiger partial charge >= 0.3 is 0 Å². The molecule has 0 aliphatic carbocycles. The smallest absolute Gasteiger partial charge is 0.251 e. The van der Waals surface area contributed by atoms with Crippen molar-refractivity contribution in [3.05, 3.63) is 69.9 Å². The van der Waals surface area contributed by atoms with Crippen LogP contribution < -0.4 is 5.32 Å². The number of rotatable bonds is 5. The second-order valence-corrected chi connectivity index (χ2v) is 6.01. The SMILES string of the molecule is Cc1nc(CNC(=O)c2cccc(Cn3cccn3)c2)cs1. The van der Waals surface area contributed by atoms with Crippen molar-refractivity contribution in [2.75, 3.05) is 0 Å². The Kier molecular flexibility index (Phi) is 4.29. The zero-order valence-corrected chi connectivity index (χ0v) is 13.0. The second kappa shape index (κ2) is 6.53. The summed E-state index contributed by atoms with van der Waals surface area (Å²) in [4.78, 5) is 16.6. The molecule has 0 radical (unpaired) electrons. The molecule has 0 saturated carbocycles. The van der Waals surface area contributed by atoms with E-state index in [9.17, 15) is 4.79 Å². The number of nitrogens with one attached hydrogen (secondary N) is 1. The number of amides is 1. The Morgan fingerprint density at radius 1 is 1.36 bits per heavy atom. The summed E-state index contributed by atoms with van der Waals surface area (Å²) in [6, 6.07) is 9.47. The van der Waals surface area contributed by atoms with Crippen molar-refractivity contribution in [2.24, 2.45) is 0 Å². The normalized spacial score (nSPS) is 10.6. The molecular formula is C16H16N4OS.